The molecule has 0 fully saturated rings. The monoisotopic (exact) mass is 266 g/mol. The fourth-order valence-corrected chi connectivity index (χ4v) is 2.46. The molecule has 2 heterocycles. The summed E-state index contributed by atoms with van der Waals surface area (Å²) in [7, 11) is 0. The van der Waals surface area contributed by atoms with E-state index in [0.717, 1.165) is 17.8 Å². The Kier molecular flexibility index (Phi) is 3.37. The van der Waals surface area contributed by atoms with E-state index < -0.39 is 0 Å². The normalized spacial score (nSPS) is 18.1. The van der Waals surface area contributed by atoms with Gasteiger partial charge in [-0.25, -0.2) is 0 Å². The number of aryl methyl sites for hydroxylation is 1. The van der Waals surface area contributed by atoms with E-state index in [9.17, 15) is 0 Å². The highest BCUT2D eigenvalue weighted by Gasteiger charge is 2.27. The van der Waals surface area contributed by atoms with Crippen molar-refractivity contribution in [1.29, 1.82) is 0 Å². The number of hydrogen-bond donors (Lipinski definition) is 1. The second-order valence-corrected chi connectivity index (χ2v) is 5.06. The molecule has 4 heteroatoms. The highest BCUT2D eigenvalue weighted by molar-refractivity contribution is 5.80. The molecular formula is C16H18N4. The van der Waals surface area contributed by atoms with Crippen LogP contribution in [-0.2, 0) is 6.54 Å². The molecule has 20 heavy (non-hydrogen) atoms. The lowest BCUT2D eigenvalue weighted by molar-refractivity contribution is 0.340. The Morgan fingerprint density at radius 3 is 2.70 bits per heavy atom. The minimum Gasteiger partial charge on any atom is -0.370 e. The van der Waals surface area contributed by atoms with Crippen molar-refractivity contribution in [3.05, 3.63) is 65.5 Å². The summed E-state index contributed by atoms with van der Waals surface area (Å²) >= 11 is 0. The molecule has 1 aromatic carbocycles. The van der Waals surface area contributed by atoms with Gasteiger partial charge in [0.05, 0.1) is 12.6 Å². The molecule has 2 N–H and O–H groups in total. The quantitative estimate of drug-likeness (QED) is 0.927. The van der Waals surface area contributed by atoms with Crippen LogP contribution in [0.25, 0.3) is 0 Å². The molecular weight excluding hydrogens is 248 g/mol. The maximum atomic E-state index is 6.04. The van der Waals surface area contributed by atoms with Crippen LogP contribution in [-0.4, -0.2) is 22.4 Å². The van der Waals surface area contributed by atoms with Crippen LogP contribution in [0.4, 0.5) is 0 Å². The lowest BCUT2D eigenvalue weighted by Crippen LogP contribution is -2.35. The molecule has 3 rings (SSSR count). The molecule has 0 radical (unpaired) electrons. The van der Waals surface area contributed by atoms with Gasteiger partial charge in [-0.3, -0.25) is 9.98 Å². The first-order valence-electron chi connectivity index (χ1n) is 6.77. The molecule has 4 nitrogen and oxygen atoms in total. The van der Waals surface area contributed by atoms with Crippen LogP contribution in [0.3, 0.4) is 0 Å². The van der Waals surface area contributed by atoms with Gasteiger partial charge in [-0.05, 0) is 24.1 Å². The number of pyridine rings is 1. The second kappa shape index (κ2) is 5.33. The van der Waals surface area contributed by atoms with Crippen molar-refractivity contribution in [3.8, 4) is 0 Å². The summed E-state index contributed by atoms with van der Waals surface area (Å²) < 4.78 is 0. The third-order valence-corrected chi connectivity index (χ3v) is 3.61. The Balaban J connectivity index is 1.83. The van der Waals surface area contributed by atoms with Crippen molar-refractivity contribution in [1.82, 2.24) is 9.88 Å². The van der Waals surface area contributed by atoms with Gasteiger partial charge in [0.2, 0.25) is 0 Å². The second-order valence-electron chi connectivity index (χ2n) is 5.06. The Morgan fingerprint density at radius 2 is 2.00 bits per heavy atom. The molecule has 0 spiro atoms. The SMILES string of the molecule is Cc1ccc(C2CN=C(N)N2Cc2ccccc2)cn1. The van der Waals surface area contributed by atoms with Crippen LogP contribution in [0.5, 0.6) is 0 Å². The lowest BCUT2D eigenvalue weighted by atomic mass is 10.1. The van der Waals surface area contributed by atoms with Gasteiger partial charge in [0, 0.05) is 18.4 Å². The zero-order chi connectivity index (χ0) is 13.9. The molecule has 1 atom stereocenters. The molecule has 0 amide bonds. The van der Waals surface area contributed by atoms with Crippen molar-refractivity contribution in [2.24, 2.45) is 10.7 Å². The summed E-state index contributed by atoms with van der Waals surface area (Å²) in [4.78, 5) is 10.9. The van der Waals surface area contributed by atoms with Crippen molar-refractivity contribution in [2.45, 2.75) is 19.5 Å². The van der Waals surface area contributed by atoms with Crippen molar-refractivity contribution >= 4 is 5.96 Å². The number of rotatable bonds is 3. The Bertz CT molecular complexity index is 604. The molecule has 1 aliphatic heterocycles. The van der Waals surface area contributed by atoms with Crippen LogP contribution >= 0.6 is 0 Å². The van der Waals surface area contributed by atoms with Crippen molar-refractivity contribution in [2.75, 3.05) is 6.54 Å². The van der Waals surface area contributed by atoms with E-state index in [-0.39, 0.29) is 6.04 Å². The first kappa shape index (κ1) is 12.7. The summed E-state index contributed by atoms with van der Waals surface area (Å²) in [5.41, 5.74) is 9.46. The van der Waals surface area contributed by atoms with Gasteiger partial charge in [-0.2, -0.15) is 0 Å². The average molecular weight is 266 g/mol. The summed E-state index contributed by atoms with van der Waals surface area (Å²) in [5.74, 6) is 0.611. The Morgan fingerprint density at radius 1 is 1.20 bits per heavy atom. The minimum atomic E-state index is 0.184. The lowest BCUT2D eigenvalue weighted by Gasteiger charge is -2.26. The number of aromatic nitrogens is 1. The molecule has 1 aliphatic rings. The highest BCUT2D eigenvalue weighted by atomic mass is 15.3. The summed E-state index contributed by atoms with van der Waals surface area (Å²) in [6.45, 7) is 3.46. The predicted molar refractivity (Wildman–Crippen MR) is 80.2 cm³/mol. The largest absolute Gasteiger partial charge is 0.370 e. The fraction of sp³-hybridized carbons (Fsp3) is 0.250. The van der Waals surface area contributed by atoms with E-state index in [1.807, 2.05) is 37.4 Å². The number of nitrogens with two attached hydrogens (primary N) is 1. The van der Waals surface area contributed by atoms with E-state index in [0.29, 0.717) is 12.5 Å². The fourth-order valence-electron chi connectivity index (χ4n) is 2.46. The third-order valence-electron chi connectivity index (χ3n) is 3.61. The van der Waals surface area contributed by atoms with E-state index in [2.05, 4.69) is 33.1 Å². The van der Waals surface area contributed by atoms with Crippen LogP contribution in [0, 0.1) is 6.92 Å². The van der Waals surface area contributed by atoms with Gasteiger partial charge < -0.3 is 10.6 Å². The van der Waals surface area contributed by atoms with Gasteiger partial charge in [0.25, 0.3) is 0 Å². The highest BCUT2D eigenvalue weighted by Crippen LogP contribution is 2.26. The molecule has 0 bridgehead atoms. The van der Waals surface area contributed by atoms with E-state index in [4.69, 9.17) is 5.73 Å². The smallest absolute Gasteiger partial charge is 0.192 e. The number of aliphatic imine (C=N–C) groups is 1. The maximum Gasteiger partial charge on any atom is 0.192 e. The van der Waals surface area contributed by atoms with Gasteiger partial charge in [0.15, 0.2) is 5.96 Å². The molecule has 2 aromatic rings. The van der Waals surface area contributed by atoms with Crippen LogP contribution < -0.4 is 5.73 Å². The molecule has 0 aliphatic carbocycles. The first-order chi connectivity index (χ1) is 9.74. The van der Waals surface area contributed by atoms with Gasteiger partial charge >= 0.3 is 0 Å². The Hall–Kier alpha value is -2.36. The van der Waals surface area contributed by atoms with Crippen LogP contribution in [0.15, 0.2) is 53.7 Å². The molecule has 0 saturated heterocycles. The van der Waals surface area contributed by atoms with E-state index in [1.165, 1.54) is 5.56 Å². The summed E-state index contributed by atoms with van der Waals surface area (Å²) in [6, 6.07) is 14.6. The van der Waals surface area contributed by atoms with E-state index in [1.54, 1.807) is 0 Å². The number of benzene rings is 1. The van der Waals surface area contributed by atoms with Gasteiger partial charge in [-0.15, -0.1) is 0 Å². The zero-order valence-corrected chi connectivity index (χ0v) is 11.5. The van der Waals surface area contributed by atoms with Gasteiger partial charge in [-0.1, -0.05) is 36.4 Å². The number of nitrogens with zero attached hydrogens (tertiary/aromatic N) is 3. The van der Waals surface area contributed by atoms with Crippen molar-refractivity contribution in [3.63, 3.8) is 0 Å². The molecule has 102 valence electrons. The van der Waals surface area contributed by atoms with E-state index >= 15 is 0 Å². The zero-order valence-electron chi connectivity index (χ0n) is 11.5. The number of hydrogen-bond acceptors (Lipinski definition) is 4. The predicted octanol–water partition coefficient (Wildman–Crippen LogP) is 2.26. The molecule has 0 saturated carbocycles. The molecule has 1 unspecified atom stereocenters. The van der Waals surface area contributed by atoms with Crippen LogP contribution in [0.1, 0.15) is 22.9 Å². The van der Waals surface area contributed by atoms with Crippen molar-refractivity contribution < 1.29 is 0 Å². The average Bonchev–Trinajstić information content (AvgIpc) is 2.83. The minimum absolute atomic E-state index is 0.184. The summed E-state index contributed by atoms with van der Waals surface area (Å²) in [6.07, 6.45) is 1.92. The van der Waals surface area contributed by atoms with Gasteiger partial charge in [0.1, 0.15) is 0 Å². The molecule has 1 aromatic heterocycles. The standard InChI is InChI=1S/C16H18N4/c1-12-7-8-14(9-18-12)15-10-19-16(17)20(15)11-13-5-3-2-4-6-13/h2-9,15H,10-11H2,1H3,(H2,17,19). The maximum absolute atomic E-state index is 6.04. The van der Waals surface area contributed by atoms with Crippen LogP contribution in [0.2, 0.25) is 0 Å². The summed E-state index contributed by atoms with van der Waals surface area (Å²) in [5, 5.41) is 0. The topological polar surface area (TPSA) is 54.5 Å². The number of guanidine groups is 1. The third kappa shape index (κ3) is 2.50. The first-order valence-corrected chi connectivity index (χ1v) is 6.77. The Labute approximate surface area is 119 Å².